The highest BCUT2D eigenvalue weighted by molar-refractivity contribution is 5.34. The minimum atomic E-state index is 0.221. The molecule has 0 aliphatic heterocycles. The normalized spacial score (nSPS) is 12.6. The summed E-state index contributed by atoms with van der Waals surface area (Å²) in [6.45, 7) is 5.35. The van der Waals surface area contributed by atoms with E-state index in [9.17, 15) is 0 Å². The van der Waals surface area contributed by atoms with Crippen molar-refractivity contribution in [2.45, 2.75) is 26.3 Å². The summed E-state index contributed by atoms with van der Waals surface area (Å²) in [6, 6.07) is 10.8. The van der Waals surface area contributed by atoms with E-state index in [-0.39, 0.29) is 6.04 Å². The smallest absolute Gasteiger partial charge is 0.0750 e. The monoisotopic (exact) mass is 243 g/mol. The van der Waals surface area contributed by atoms with Crippen LogP contribution in [0.2, 0.25) is 0 Å². The highest BCUT2D eigenvalue weighted by Crippen LogP contribution is 2.24. The second-order valence-corrected chi connectivity index (χ2v) is 4.62. The Labute approximate surface area is 109 Å². The van der Waals surface area contributed by atoms with E-state index < -0.39 is 0 Å². The van der Waals surface area contributed by atoms with Crippen LogP contribution in [0.1, 0.15) is 36.2 Å². The van der Waals surface area contributed by atoms with Crippen molar-refractivity contribution in [1.29, 1.82) is 0 Å². The molecule has 0 aliphatic carbocycles. The molecule has 0 amide bonds. The van der Waals surface area contributed by atoms with Crippen LogP contribution in [0.25, 0.3) is 0 Å². The number of rotatable bonds is 5. The molecule has 3 nitrogen and oxygen atoms in total. The summed E-state index contributed by atoms with van der Waals surface area (Å²) >= 11 is 0. The Morgan fingerprint density at radius 3 is 2.67 bits per heavy atom. The van der Waals surface area contributed by atoms with Gasteiger partial charge in [-0.1, -0.05) is 31.2 Å². The maximum absolute atomic E-state index is 4.28. The van der Waals surface area contributed by atoms with Gasteiger partial charge < -0.3 is 5.32 Å². The van der Waals surface area contributed by atoms with E-state index in [0.717, 1.165) is 13.0 Å². The Bertz CT molecular complexity index is 502. The number of hydrogen-bond donors (Lipinski definition) is 1. The fourth-order valence-corrected chi connectivity index (χ4v) is 2.24. The van der Waals surface area contributed by atoms with Crippen molar-refractivity contribution in [3.05, 3.63) is 53.3 Å². The maximum atomic E-state index is 4.28. The summed E-state index contributed by atoms with van der Waals surface area (Å²) in [5, 5.41) is 7.89. The summed E-state index contributed by atoms with van der Waals surface area (Å²) in [5.74, 6) is 0. The van der Waals surface area contributed by atoms with Crippen LogP contribution in [0, 0.1) is 6.92 Å². The van der Waals surface area contributed by atoms with Crippen LogP contribution in [0.15, 0.2) is 36.5 Å². The summed E-state index contributed by atoms with van der Waals surface area (Å²) in [6.07, 6.45) is 2.98. The molecule has 0 fully saturated rings. The highest BCUT2D eigenvalue weighted by atomic mass is 15.3. The van der Waals surface area contributed by atoms with Crippen LogP contribution < -0.4 is 5.32 Å². The summed E-state index contributed by atoms with van der Waals surface area (Å²) < 4.78 is 1.94. The third kappa shape index (κ3) is 2.62. The SMILES string of the molecule is CCCNC(c1ccccc1C)c1ccnn1C. The molecule has 1 atom stereocenters. The molecule has 0 aliphatic rings. The molecule has 1 aromatic heterocycles. The fraction of sp³-hybridized carbons (Fsp3) is 0.400. The number of nitrogens with zero attached hydrogens (tertiary/aromatic N) is 2. The molecule has 0 saturated carbocycles. The lowest BCUT2D eigenvalue weighted by Crippen LogP contribution is -2.25. The maximum Gasteiger partial charge on any atom is 0.0750 e. The average molecular weight is 243 g/mol. The minimum absolute atomic E-state index is 0.221. The van der Waals surface area contributed by atoms with Gasteiger partial charge in [0.15, 0.2) is 0 Å². The zero-order valence-corrected chi connectivity index (χ0v) is 11.4. The van der Waals surface area contributed by atoms with Crippen molar-refractivity contribution in [2.75, 3.05) is 6.54 Å². The summed E-state index contributed by atoms with van der Waals surface area (Å²) in [5.41, 5.74) is 3.85. The summed E-state index contributed by atoms with van der Waals surface area (Å²) in [7, 11) is 1.99. The van der Waals surface area contributed by atoms with Crippen molar-refractivity contribution in [3.8, 4) is 0 Å². The van der Waals surface area contributed by atoms with Crippen molar-refractivity contribution in [2.24, 2.45) is 7.05 Å². The lowest BCUT2D eigenvalue weighted by molar-refractivity contribution is 0.552. The standard InChI is InChI=1S/C15H21N3/c1-4-10-16-15(14-9-11-17-18(14)3)13-8-6-5-7-12(13)2/h5-9,11,15-16H,4,10H2,1-3H3. The van der Waals surface area contributed by atoms with Gasteiger partial charge in [0.25, 0.3) is 0 Å². The topological polar surface area (TPSA) is 29.9 Å². The first kappa shape index (κ1) is 12.8. The van der Waals surface area contributed by atoms with Crippen LogP contribution in [-0.2, 0) is 7.05 Å². The molecule has 1 N–H and O–H groups in total. The largest absolute Gasteiger partial charge is 0.305 e. The Morgan fingerprint density at radius 2 is 2.06 bits per heavy atom. The molecule has 18 heavy (non-hydrogen) atoms. The highest BCUT2D eigenvalue weighted by Gasteiger charge is 2.17. The molecule has 1 aromatic carbocycles. The third-order valence-corrected chi connectivity index (χ3v) is 3.25. The van der Waals surface area contributed by atoms with Crippen LogP contribution in [0.5, 0.6) is 0 Å². The molecule has 96 valence electrons. The number of aryl methyl sites for hydroxylation is 2. The second-order valence-electron chi connectivity index (χ2n) is 4.62. The molecule has 2 aromatic rings. The zero-order chi connectivity index (χ0) is 13.0. The molecular weight excluding hydrogens is 222 g/mol. The average Bonchev–Trinajstić information content (AvgIpc) is 2.78. The van der Waals surface area contributed by atoms with E-state index in [1.807, 2.05) is 17.9 Å². The minimum Gasteiger partial charge on any atom is -0.305 e. The van der Waals surface area contributed by atoms with Gasteiger partial charge in [0.05, 0.1) is 11.7 Å². The Kier molecular flexibility index (Phi) is 4.15. The Morgan fingerprint density at radius 1 is 1.28 bits per heavy atom. The molecule has 0 spiro atoms. The van der Waals surface area contributed by atoms with Gasteiger partial charge in [0, 0.05) is 13.2 Å². The predicted octanol–water partition coefficient (Wildman–Crippen LogP) is 2.82. The van der Waals surface area contributed by atoms with Gasteiger partial charge in [-0.2, -0.15) is 5.10 Å². The van der Waals surface area contributed by atoms with Crippen LogP contribution >= 0.6 is 0 Å². The van der Waals surface area contributed by atoms with E-state index in [1.54, 1.807) is 0 Å². The number of aromatic nitrogens is 2. The Hall–Kier alpha value is -1.61. The first-order valence-electron chi connectivity index (χ1n) is 6.51. The Balaban J connectivity index is 2.37. The van der Waals surface area contributed by atoms with Gasteiger partial charge in [-0.05, 0) is 37.1 Å². The number of benzene rings is 1. The molecular formula is C15H21N3. The fourth-order valence-electron chi connectivity index (χ4n) is 2.24. The summed E-state index contributed by atoms with van der Waals surface area (Å²) in [4.78, 5) is 0. The lowest BCUT2D eigenvalue weighted by Gasteiger charge is -2.21. The first-order chi connectivity index (χ1) is 8.74. The first-order valence-corrected chi connectivity index (χ1v) is 6.51. The van der Waals surface area contributed by atoms with Crippen LogP contribution in [0.3, 0.4) is 0 Å². The van der Waals surface area contributed by atoms with E-state index in [1.165, 1.54) is 16.8 Å². The van der Waals surface area contributed by atoms with Crippen LogP contribution in [-0.4, -0.2) is 16.3 Å². The van der Waals surface area contributed by atoms with E-state index in [0.29, 0.717) is 0 Å². The van der Waals surface area contributed by atoms with Crippen molar-refractivity contribution < 1.29 is 0 Å². The predicted molar refractivity (Wildman–Crippen MR) is 74.5 cm³/mol. The van der Waals surface area contributed by atoms with Gasteiger partial charge in [-0.15, -0.1) is 0 Å². The molecule has 1 heterocycles. The van der Waals surface area contributed by atoms with E-state index in [4.69, 9.17) is 0 Å². The van der Waals surface area contributed by atoms with E-state index in [2.05, 4.69) is 54.6 Å². The van der Waals surface area contributed by atoms with Crippen LogP contribution in [0.4, 0.5) is 0 Å². The molecule has 0 saturated heterocycles. The number of nitrogens with one attached hydrogen (secondary N) is 1. The van der Waals surface area contributed by atoms with Crippen molar-refractivity contribution >= 4 is 0 Å². The lowest BCUT2D eigenvalue weighted by atomic mass is 9.98. The second kappa shape index (κ2) is 5.83. The van der Waals surface area contributed by atoms with E-state index >= 15 is 0 Å². The molecule has 0 radical (unpaired) electrons. The van der Waals surface area contributed by atoms with Gasteiger partial charge >= 0.3 is 0 Å². The zero-order valence-electron chi connectivity index (χ0n) is 11.4. The third-order valence-electron chi connectivity index (χ3n) is 3.25. The van der Waals surface area contributed by atoms with Gasteiger partial charge in [0.2, 0.25) is 0 Å². The molecule has 1 unspecified atom stereocenters. The molecule has 3 heteroatoms. The number of hydrogen-bond acceptors (Lipinski definition) is 2. The molecule has 2 rings (SSSR count). The van der Waals surface area contributed by atoms with Gasteiger partial charge in [-0.25, -0.2) is 0 Å². The van der Waals surface area contributed by atoms with Crippen molar-refractivity contribution in [3.63, 3.8) is 0 Å². The molecule has 0 bridgehead atoms. The van der Waals surface area contributed by atoms with Gasteiger partial charge in [-0.3, -0.25) is 4.68 Å². The quantitative estimate of drug-likeness (QED) is 0.875. The van der Waals surface area contributed by atoms with Gasteiger partial charge in [0.1, 0.15) is 0 Å². The van der Waals surface area contributed by atoms with Crippen molar-refractivity contribution in [1.82, 2.24) is 15.1 Å².